The van der Waals surface area contributed by atoms with Crippen LogP contribution in [0.4, 0.5) is 4.79 Å². The number of hydrogen-bond donors (Lipinski definition) is 2. The summed E-state index contributed by atoms with van der Waals surface area (Å²) in [7, 11) is 0. The Kier molecular flexibility index (Phi) is 5.20. The molecule has 1 aliphatic rings. The van der Waals surface area contributed by atoms with Crippen LogP contribution >= 0.6 is 0 Å². The molecule has 2 atom stereocenters. The maximum absolute atomic E-state index is 12.4. The maximum atomic E-state index is 12.4. The second kappa shape index (κ2) is 6.26. The monoisotopic (exact) mass is 270 g/mol. The van der Waals surface area contributed by atoms with Gasteiger partial charge in [-0.05, 0) is 46.0 Å². The number of carboxylic acids is 1. The first-order valence-electron chi connectivity index (χ1n) is 7.21. The van der Waals surface area contributed by atoms with E-state index in [4.69, 9.17) is 0 Å². The summed E-state index contributed by atoms with van der Waals surface area (Å²) in [5.41, 5.74) is -1.14. The fourth-order valence-corrected chi connectivity index (χ4v) is 2.87. The van der Waals surface area contributed by atoms with E-state index in [0.29, 0.717) is 12.8 Å². The molecule has 2 unspecified atom stereocenters. The molecule has 2 amide bonds. The molecule has 1 heterocycles. The van der Waals surface area contributed by atoms with E-state index in [9.17, 15) is 14.7 Å². The Hall–Kier alpha value is -1.26. The number of nitrogens with one attached hydrogen (secondary N) is 1. The van der Waals surface area contributed by atoms with Gasteiger partial charge >= 0.3 is 12.0 Å². The molecule has 5 nitrogen and oxygen atoms in total. The van der Waals surface area contributed by atoms with E-state index in [1.54, 1.807) is 18.7 Å². The van der Waals surface area contributed by atoms with Crippen LogP contribution in [0, 0.1) is 0 Å². The molecular formula is C14H26N2O3. The number of nitrogens with zero attached hydrogens (tertiary/aromatic N) is 1. The second-order valence-electron chi connectivity index (χ2n) is 5.56. The zero-order valence-electron chi connectivity index (χ0n) is 12.4. The van der Waals surface area contributed by atoms with Crippen molar-refractivity contribution < 1.29 is 14.7 Å². The van der Waals surface area contributed by atoms with Crippen molar-refractivity contribution >= 4 is 12.0 Å². The number of carbonyl (C=O) groups is 2. The van der Waals surface area contributed by atoms with Crippen molar-refractivity contribution in [1.82, 2.24) is 10.2 Å². The minimum absolute atomic E-state index is 0.170. The molecule has 5 heteroatoms. The average Bonchev–Trinajstić information content (AvgIpc) is 2.35. The lowest BCUT2D eigenvalue weighted by Crippen LogP contribution is -2.60. The number of carbonyl (C=O) groups excluding carboxylic acids is 1. The number of piperidine rings is 1. The van der Waals surface area contributed by atoms with Gasteiger partial charge in [-0.25, -0.2) is 9.59 Å². The van der Waals surface area contributed by atoms with Crippen LogP contribution in [0.5, 0.6) is 0 Å². The average molecular weight is 270 g/mol. The highest BCUT2D eigenvalue weighted by molar-refractivity contribution is 5.86. The van der Waals surface area contributed by atoms with Gasteiger partial charge in [-0.15, -0.1) is 0 Å². The third-order valence-electron chi connectivity index (χ3n) is 4.39. The molecule has 2 N–H and O–H groups in total. The Morgan fingerprint density at radius 2 is 1.68 bits per heavy atom. The standard InChI is InChI=1S/C14H26N2O3/c1-5-14(6-2,12(17)18)15-13(19)16-10(3)8-7-9-11(16)4/h10-11H,5-9H2,1-4H3,(H,15,19)(H,17,18). The molecule has 0 aromatic rings. The quantitative estimate of drug-likeness (QED) is 0.825. The normalized spacial score (nSPS) is 24.1. The SMILES string of the molecule is CCC(CC)(NC(=O)N1C(C)CCCC1C)C(=O)O. The molecule has 0 aliphatic carbocycles. The van der Waals surface area contributed by atoms with Crippen LogP contribution in [-0.2, 0) is 4.79 Å². The van der Waals surface area contributed by atoms with Crippen LogP contribution in [-0.4, -0.2) is 39.6 Å². The Morgan fingerprint density at radius 1 is 1.21 bits per heavy atom. The number of likely N-dealkylation sites (tertiary alicyclic amines) is 1. The summed E-state index contributed by atoms with van der Waals surface area (Å²) in [6.45, 7) is 7.63. The first kappa shape index (κ1) is 15.8. The van der Waals surface area contributed by atoms with Crippen molar-refractivity contribution in [2.75, 3.05) is 0 Å². The van der Waals surface area contributed by atoms with Crippen molar-refractivity contribution in [2.45, 2.75) is 77.4 Å². The van der Waals surface area contributed by atoms with Gasteiger partial charge in [0.2, 0.25) is 0 Å². The van der Waals surface area contributed by atoms with Gasteiger partial charge in [-0.2, -0.15) is 0 Å². The molecule has 0 spiro atoms. The molecule has 0 aromatic carbocycles. The molecule has 110 valence electrons. The highest BCUT2D eigenvalue weighted by Crippen LogP contribution is 2.24. The van der Waals surface area contributed by atoms with Crippen molar-refractivity contribution in [3.05, 3.63) is 0 Å². The first-order chi connectivity index (χ1) is 8.88. The predicted molar refractivity (Wildman–Crippen MR) is 74.1 cm³/mol. The molecule has 0 bridgehead atoms. The number of amides is 2. The molecule has 1 aliphatic heterocycles. The van der Waals surface area contributed by atoms with E-state index in [1.807, 2.05) is 13.8 Å². The van der Waals surface area contributed by atoms with E-state index < -0.39 is 11.5 Å². The Morgan fingerprint density at radius 3 is 2.05 bits per heavy atom. The summed E-state index contributed by atoms with van der Waals surface area (Å²) >= 11 is 0. The molecule has 19 heavy (non-hydrogen) atoms. The minimum Gasteiger partial charge on any atom is -0.480 e. The Labute approximate surface area is 115 Å². The molecule has 1 saturated heterocycles. The van der Waals surface area contributed by atoms with Crippen LogP contribution < -0.4 is 5.32 Å². The molecule has 0 aromatic heterocycles. The second-order valence-corrected chi connectivity index (χ2v) is 5.56. The van der Waals surface area contributed by atoms with E-state index in [-0.39, 0.29) is 18.1 Å². The van der Waals surface area contributed by atoms with Crippen molar-refractivity contribution in [1.29, 1.82) is 0 Å². The molecule has 1 rings (SSSR count). The third kappa shape index (κ3) is 3.19. The zero-order chi connectivity index (χ0) is 14.6. The summed E-state index contributed by atoms with van der Waals surface area (Å²) in [6.07, 6.45) is 3.87. The van der Waals surface area contributed by atoms with Crippen LogP contribution in [0.1, 0.15) is 59.8 Å². The predicted octanol–water partition coefficient (Wildman–Crippen LogP) is 2.60. The first-order valence-corrected chi connectivity index (χ1v) is 7.21. The molecule has 0 saturated carbocycles. The smallest absolute Gasteiger partial charge is 0.329 e. The fourth-order valence-electron chi connectivity index (χ4n) is 2.87. The van der Waals surface area contributed by atoms with Gasteiger partial charge in [0.05, 0.1) is 0 Å². The van der Waals surface area contributed by atoms with Gasteiger partial charge in [-0.1, -0.05) is 13.8 Å². The number of aliphatic carboxylic acids is 1. The lowest BCUT2D eigenvalue weighted by atomic mass is 9.92. The zero-order valence-corrected chi connectivity index (χ0v) is 12.4. The maximum Gasteiger partial charge on any atom is 0.329 e. The van der Waals surface area contributed by atoms with Gasteiger partial charge in [0, 0.05) is 12.1 Å². The summed E-state index contributed by atoms with van der Waals surface area (Å²) in [6, 6.07) is 0.0960. The van der Waals surface area contributed by atoms with Gasteiger partial charge in [-0.3, -0.25) is 0 Å². The van der Waals surface area contributed by atoms with Crippen molar-refractivity contribution in [3.63, 3.8) is 0 Å². The molecule has 1 fully saturated rings. The van der Waals surface area contributed by atoms with Gasteiger partial charge in [0.15, 0.2) is 0 Å². The topological polar surface area (TPSA) is 69.6 Å². The van der Waals surface area contributed by atoms with E-state index in [2.05, 4.69) is 5.32 Å². The number of carboxylic acid groups (broad SMARTS) is 1. The van der Waals surface area contributed by atoms with Crippen molar-refractivity contribution in [3.8, 4) is 0 Å². The number of urea groups is 1. The Balaban J connectivity index is 2.84. The number of hydrogen-bond acceptors (Lipinski definition) is 2. The highest BCUT2D eigenvalue weighted by Gasteiger charge is 2.39. The van der Waals surface area contributed by atoms with Crippen LogP contribution in [0.2, 0.25) is 0 Å². The minimum atomic E-state index is -1.14. The van der Waals surface area contributed by atoms with Crippen LogP contribution in [0.25, 0.3) is 0 Å². The van der Waals surface area contributed by atoms with Crippen molar-refractivity contribution in [2.24, 2.45) is 0 Å². The largest absolute Gasteiger partial charge is 0.480 e. The third-order valence-corrected chi connectivity index (χ3v) is 4.39. The molecule has 0 radical (unpaired) electrons. The van der Waals surface area contributed by atoms with Crippen LogP contribution in [0.3, 0.4) is 0 Å². The van der Waals surface area contributed by atoms with Gasteiger partial charge in [0.1, 0.15) is 5.54 Å². The summed E-state index contributed by atoms with van der Waals surface area (Å²) < 4.78 is 0. The Bertz CT molecular complexity index is 330. The molecular weight excluding hydrogens is 244 g/mol. The van der Waals surface area contributed by atoms with Crippen LogP contribution in [0.15, 0.2) is 0 Å². The summed E-state index contributed by atoms with van der Waals surface area (Å²) in [5.74, 6) is -0.955. The number of rotatable bonds is 4. The highest BCUT2D eigenvalue weighted by atomic mass is 16.4. The summed E-state index contributed by atoms with van der Waals surface area (Å²) in [5, 5.41) is 12.1. The lowest BCUT2D eigenvalue weighted by molar-refractivity contribution is -0.144. The van der Waals surface area contributed by atoms with E-state index in [0.717, 1.165) is 19.3 Å². The van der Waals surface area contributed by atoms with E-state index in [1.165, 1.54) is 0 Å². The van der Waals surface area contributed by atoms with E-state index >= 15 is 0 Å². The fraction of sp³-hybridized carbons (Fsp3) is 0.857. The van der Waals surface area contributed by atoms with Gasteiger partial charge < -0.3 is 15.3 Å². The van der Waals surface area contributed by atoms with Gasteiger partial charge in [0.25, 0.3) is 0 Å². The summed E-state index contributed by atoms with van der Waals surface area (Å²) in [4.78, 5) is 25.6. The lowest BCUT2D eigenvalue weighted by Gasteiger charge is -2.41.